The maximum absolute atomic E-state index is 13.2. The van der Waals surface area contributed by atoms with Crippen molar-refractivity contribution in [3.8, 4) is 113 Å². The summed E-state index contributed by atoms with van der Waals surface area (Å²) in [5.41, 5.74) is 11.7. The molecule has 16 aromatic rings. The Balaban J connectivity index is 0.000000135. The number of aromatic hydroxyl groups is 6. The number of nitrogens with zero attached hydrogens (tertiary/aromatic N) is 5. The molecule has 3 aliphatic heterocycles. The van der Waals surface area contributed by atoms with Gasteiger partial charge in [-0.25, -0.2) is 14.6 Å². The fraction of sp³-hybridized carbons (Fsp3) is 0.142. The zero-order valence-electron chi connectivity index (χ0n) is 76.5. The van der Waals surface area contributed by atoms with Crippen LogP contribution in [-0.4, -0.2) is 116 Å². The summed E-state index contributed by atoms with van der Waals surface area (Å²) in [6, 6.07) is 72.8. The molecular weight excluding hydrogens is 1910 g/mol. The van der Waals surface area contributed by atoms with Gasteiger partial charge in [-0.2, -0.15) is 10.5 Å². The number of aryl methyl sites for hydroxylation is 2. The van der Waals surface area contributed by atoms with E-state index in [4.69, 9.17) is 44.5 Å². The number of carbonyl (C=O) groups is 5. The number of para-hydroxylation sites is 1. The van der Waals surface area contributed by atoms with E-state index >= 15 is 0 Å². The third-order valence-corrected chi connectivity index (χ3v) is 26.8. The van der Waals surface area contributed by atoms with E-state index in [9.17, 15) is 89.2 Å². The van der Waals surface area contributed by atoms with E-state index in [0.29, 0.717) is 88.7 Å². The van der Waals surface area contributed by atoms with Crippen LogP contribution in [0.2, 0.25) is 5.02 Å². The van der Waals surface area contributed by atoms with Crippen LogP contribution >= 0.6 is 42.3 Å². The average molecular weight is 2000 g/mol. The topological polar surface area (TPSA) is 522 Å². The maximum atomic E-state index is 13.2. The summed E-state index contributed by atoms with van der Waals surface area (Å²) in [6.07, 6.45) is 3.67. The number of hydrogen-bond donors (Lipinski definition) is 11. The Morgan fingerprint density at radius 1 is 0.622 bits per heavy atom. The number of aromatic amines is 3. The first-order valence-corrected chi connectivity index (χ1v) is 47.5. The number of amides is 1. The molecule has 0 radical (unpaired) electrons. The molecule has 5 aromatic heterocycles. The maximum Gasteiger partial charge on any atom is 0.402 e. The number of carboxylic acids is 1. The number of nitrogens with one attached hydrogen (secondary N) is 4. The molecule has 37 heteroatoms. The van der Waals surface area contributed by atoms with E-state index in [1.54, 1.807) is 119 Å². The molecule has 33 nitrogen and oxygen atoms in total. The molecule has 1 amide bonds. The van der Waals surface area contributed by atoms with E-state index < -0.39 is 73.5 Å². The number of fused-ring (bicyclic) bond motifs is 4. The van der Waals surface area contributed by atoms with Crippen LogP contribution < -0.4 is 21.9 Å². The molecule has 0 bridgehead atoms. The van der Waals surface area contributed by atoms with Gasteiger partial charge in [0.15, 0.2) is 16.5 Å². The molecule has 8 heterocycles. The number of pyridine rings is 2. The van der Waals surface area contributed by atoms with Gasteiger partial charge in [-0.3, -0.25) is 47.7 Å². The van der Waals surface area contributed by atoms with Gasteiger partial charge in [-0.05, 0) is 179 Å². The molecule has 2 unspecified atom stereocenters. The number of esters is 2. The molecule has 0 aliphatic carbocycles. The number of nitro benzene ring substituents is 1. The summed E-state index contributed by atoms with van der Waals surface area (Å²) in [5, 5.41) is 113. The predicted octanol–water partition coefficient (Wildman–Crippen LogP) is 21.7. The Bertz CT molecular complexity index is 8030. The van der Waals surface area contributed by atoms with Gasteiger partial charge in [0.05, 0.1) is 89.7 Å². The van der Waals surface area contributed by atoms with Crippen molar-refractivity contribution in [3.05, 3.63) is 334 Å². The van der Waals surface area contributed by atoms with Gasteiger partial charge in [0, 0.05) is 56.0 Å². The van der Waals surface area contributed by atoms with Crippen LogP contribution in [0, 0.1) is 58.5 Å². The molecule has 19 rings (SSSR count). The standard InChI is InChI=1S/C23H20ClN3O6S.C23H15NO3S.C22H14N2O3.C21H14N2O2.C17H22NO10P/c1-11-7-16(18(27(31)32)8-12(11)2)19-6-4-14(33-19)10-20-21(28)26-23(34-20)25-13-3-5-17(24)15(9-13)22(29)30;25-20-15-9-5-4-6-13(15)10-11-16(20)17-12-28-23-19(17)21(26)18(22(27)24-23)14-7-2-1-3-8-14;23-12-17-21(26)20-16(5-3-6-18(20)24-22(17)27)14-10-8-13(9-11-14)15-4-1-2-7-19(15)25;22-11-16-12-23-18-9-8-15(10-17(16)18)13-4-6-14(7-5-13)21-19(24)2-1-3-20(21)25;1-10(2)16(20)23-8-25-29(22,26-9-24-17(21)11(3)4)15-6-5-13(27-15)12-7-14(19)28-18-12/h3,5,7-10,14,19H,4,6H2,1-2H3,(H,29,30)(H,25,26,28);1-12,25H,(H2,24,26,27);1-11,25H,(H2,24,26,27);1-10,12,23-25H;5-6,10-11H,7-9H2,1-4H3/b20-10-;;;;. The summed E-state index contributed by atoms with van der Waals surface area (Å²) in [5.74, 6) is -3.89. The Labute approximate surface area is 826 Å². The van der Waals surface area contributed by atoms with Crippen molar-refractivity contribution in [2.75, 3.05) is 13.6 Å². The summed E-state index contributed by atoms with van der Waals surface area (Å²) < 4.78 is 44.6. The Morgan fingerprint density at radius 2 is 1.25 bits per heavy atom. The van der Waals surface area contributed by atoms with Crippen LogP contribution in [0.5, 0.6) is 34.5 Å². The number of carboxylic acid groups (broad SMARTS) is 1. The van der Waals surface area contributed by atoms with Gasteiger partial charge >= 0.3 is 31.5 Å². The number of H-pyrrole nitrogens is 3. The number of nitriles is 2. The fourth-order valence-corrected chi connectivity index (χ4v) is 18.8. The van der Waals surface area contributed by atoms with Crippen molar-refractivity contribution in [2.45, 2.75) is 73.0 Å². The number of halogens is 1. The largest absolute Gasteiger partial charge is 0.507 e. The number of aliphatic imine (C=N–C) groups is 1. The summed E-state index contributed by atoms with van der Waals surface area (Å²) in [6.45, 7) is 8.86. The highest BCUT2D eigenvalue weighted by atomic mass is 35.5. The van der Waals surface area contributed by atoms with Crippen LogP contribution in [0.3, 0.4) is 0 Å². The second-order valence-electron chi connectivity index (χ2n) is 33.0. The van der Waals surface area contributed by atoms with E-state index in [-0.39, 0.29) is 103 Å². The van der Waals surface area contributed by atoms with Crippen molar-refractivity contribution in [1.29, 1.82) is 10.5 Å². The number of aromatic carboxylic acids is 1. The summed E-state index contributed by atoms with van der Waals surface area (Å²) in [7, 11) is -4.18. The number of nitro groups is 1. The third-order valence-electron chi connectivity index (χ3n) is 23.0. The van der Waals surface area contributed by atoms with Crippen LogP contribution in [0.4, 0.5) is 11.4 Å². The highest BCUT2D eigenvalue weighted by Crippen LogP contribution is 2.50. The lowest BCUT2D eigenvalue weighted by Crippen LogP contribution is -2.20. The Hall–Kier alpha value is -17.0. The van der Waals surface area contributed by atoms with Gasteiger partial charge in [0.25, 0.3) is 22.7 Å². The average Bonchev–Trinajstić information content (AvgIpc) is 1.50. The number of hydrogen-bond acceptors (Lipinski definition) is 29. The first-order valence-electron chi connectivity index (χ1n) is 43.9. The first-order chi connectivity index (χ1) is 68.7. The smallest absolute Gasteiger partial charge is 0.402 e. The van der Waals surface area contributed by atoms with Crippen molar-refractivity contribution >= 4 is 143 Å². The van der Waals surface area contributed by atoms with Crippen LogP contribution in [-0.2, 0) is 51.8 Å². The van der Waals surface area contributed by atoms with Gasteiger partial charge in [0.1, 0.15) is 57.2 Å². The number of aromatic nitrogens is 3. The predicted molar refractivity (Wildman–Crippen MR) is 541 cm³/mol. The number of oxime groups is 1. The number of rotatable bonds is 21. The van der Waals surface area contributed by atoms with E-state index in [1.807, 2.05) is 159 Å². The lowest BCUT2D eigenvalue weighted by Gasteiger charge is -2.17. The van der Waals surface area contributed by atoms with Crippen molar-refractivity contribution < 1.29 is 102 Å². The Morgan fingerprint density at radius 3 is 1.92 bits per heavy atom. The van der Waals surface area contributed by atoms with Crippen molar-refractivity contribution in [3.63, 3.8) is 0 Å². The van der Waals surface area contributed by atoms with Crippen LogP contribution in [0.15, 0.2) is 283 Å². The number of carbonyl (C=O) groups excluding carboxylic acids is 4. The molecule has 2 fully saturated rings. The van der Waals surface area contributed by atoms with Crippen LogP contribution in [0.25, 0.3) is 110 Å². The number of ether oxygens (including phenoxy) is 3. The highest BCUT2D eigenvalue weighted by molar-refractivity contribution is 8.18. The molecule has 2 atom stereocenters. The van der Waals surface area contributed by atoms with Gasteiger partial charge in [0.2, 0.25) is 19.1 Å². The zero-order valence-corrected chi connectivity index (χ0v) is 79.8. The minimum absolute atomic E-state index is 0.0347. The van der Waals surface area contributed by atoms with Gasteiger partial charge in [-0.1, -0.05) is 196 Å². The third kappa shape index (κ3) is 22.6. The second kappa shape index (κ2) is 44.0. The summed E-state index contributed by atoms with van der Waals surface area (Å²) in [4.78, 5) is 112. The molecule has 11 N–H and O–H groups in total. The molecular formula is C106H85ClN9O24PS2. The minimum atomic E-state index is -4.18. The van der Waals surface area contributed by atoms with E-state index in [0.717, 1.165) is 77.9 Å². The first kappa shape index (κ1) is 100. The van der Waals surface area contributed by atoms with Crippen molar-refractivity contribution in [2.24, 2.45) is 22.0 Å². The SMILES string of the molecule is CC(C)C(=O)OCOP(=O)(OCOC(=O)C(C)C)c1ccc(C2=NOC(=O)C2)o1.Cc1cc(C2CCC(/C=C3\SC(=Nc4ccc(Cl)c(C(=O)O)c4)NC3=O)O2)c([N+](=O)[O-])cc1C.N#Cc1c(O)c2c(-c3ccc(-c4ccccc4O)cc3)cccc2[nH]c1=O.N#Cc1c[nH]c2ccc(-c3ccc(-c4c(O)cccc4O)cc3)cc12.O=c1[nH]c2scc(-c3ccc4ccccc4c3O)c2c(O)c1-c1ccccc1. The van der Waals surface area contributed by atoms with E-state index in [1.165, 1.54) is 35.6 Å². The van der Waals surface area contributed by atoms with E-state index in [2.05, 4.69) is 41.3 Å². The second-order valence-corrected chi connectivity index (χ2v) is 37.3. The number of benzene rings is 11. The fourth-order valence-electron chi connectivity index (χ4n) is 15.5. The number of thioether (sulfide) groups is 1. The number of amidine groups is 1. The Kier molecular flexibility index (Phi) is 30.9. The quantitative estimate of drug-likeness (QED) is 0.00605. The molecule has 0 saturated carbocycles. The monoisotopic (exact) mass is 2000 g/mol. The number of furan rings is 1. The highest BCUT2D eigenvalue weighted by Gasteiger charge is 2.37. The lowest BCUT2D eigenvalue weighted by atomic mass is 9.96. The number of thiophene rings is 1. The molecule has 722 valence electrons. The van der Waals surface area contributed by atoms with Crippen LogP contribution in [0.1, 0.15) is 97.0 Å². The normalized spacial score (nSPS) is 14.3. The number of phenolic OH excluding ortho intramolecular Hbond substituents is 4. The van der Waals surface area contributed by atoms with Crippen molar-refractivity contribution in [1.82, 2.24) is 20.3 Å². The van der Waals surface area contributed by atoms with Gasteiger partial charge in [-0.15, -0.1) is 11.3 Å². The summed E-state index contributed by atoms with van der Waals surface area (Å²) >= 11 is 8.32. The minimum Gasteiger partial charge on any atom is -0.507 e. The molecule has 3 aliphatic rings. The van der Waals surface area contributed by atoms with Gasteiger partial charge < -0.3 is 79.5 Å². The molecule has 2 saturated heterocycles. The molecule has 0 spiro atoms. The number of phenols is 4. The lowest BCUT2D eigenvalue weighted by molar-refractivity contribution is -0.386. The molecule has 143 heavy (non-hydrogen) atoms. The zero-order chi connectivity index (χ0) is 102. The molecule has 11 aromatic carbocycles.